The van der Waals surface area contributed by atoms with Gasteiger partial charge in [-0.15, -0.1) is 0 Å². The number of carbonyl (C=O) groups excluding carboxylic acids is 1. The molecule has 5 nitrogen and oxygen atoms in total. The Hall–Kier alpha value is -3.47. The molecule has 0 radical (unpaired) electrons. The second-order valence-corrected chi connectivity index (χ2v) is 7.16. The first-order valence-electron chi connectivity index (χ1n) is 9.74. The fraction of sp³-hybridized carbons (Fsp3) is 0.208. The molecular formula is C24H24N2O3. The van der Waals surface area contributed by atoms with Crippen LogP contribution in [0.5, 0.6) is 11.5 Å². The molecule has 0 bridgehead atoms. The van der Waals surface area contributed by atoms with Gasteiger partial charge in [0.25, 0.3) is 5.91 Å². The Labute approximate surface area is 170 Å². The predicted octanol–water partition coefficient (Wildman–Crippen LogP) is 4.87. The fourth-order valence-corrected chi connectivity index (χ4v) is 3.60. The molecule has 1 amide bonds. The van der Waals surface area contributed by atoms with Gasteiger partial charge in [0.15, 0.2) is 0 Å². The summed E-state index contributed by atoms with van der Waals surface area (Å²) in [5.41, 5.74) is 4.17. The molecule has 0 unspecified atom stereocenters. The molecular weight excluding hydrogens is 364 g/mol. The maximum absolute atomic E-state index is 13.4. The first-order chi connectivity index (χ1) is 14.1. The lowest BCUT2D eigenvalue weighted by Crippen LogP contribution is -2.42. The summed E-state index contributed by atoms with van der Waals surface area (Å²) in [4.78, 5) is 15.1. The van der Waals surface area contributed by atoms with Crippen molar-refractivity contribution in [1.29, 1.82) is 0 Å². The van der Waals surface area contributed by atoms with Gasteiger partial charge >= 0.3 is 0 Å². The van der Waals surface area contributed by atoms with Crippen LogP contribution in [0.1, 0.15) is 40.1 Å². The standard InChI is InChI=1S/C24H24N2O3/c1-3-29-18-12-13-22(27)20(14-18)23-25-21-7-5-4-6-19(21)24(28)26(23)15-17-10-8-16(2)9-11-17/h4-14,23,25,27H,3,15H2,1-2H3/t23-/m0/s1. The number of aryl methyl sites for hydroxylation is 1. The third-order valence-corrected chi connectivity index (χ3v) is 5.10. The molecule has 0 aromatic heterocycles. The SMILES string of the molecule is CCOc1ccc(O)c([C@H]2Nc3ccccc3C(=O)N2Cc2ccc(C)cc2)c1. The van der Waals surface area contributed by atoms with Gasteiger partial charge in [0.1, 0.15) is 17.7 Å². The molecule has 1 heterocycles. The Morgan fingerprint density at radius 1 is 1.07 bits per heavy atom. The summed E-state index contributed by atoms with van der Waals surface area (Å²) in [5, 5.41) is 14.0. The van der Waals surface area contributed by atoms with Crippen LogP contribution in [0.25, 0.3) is 0 Å². The van der Waals surface area contributed by atoms with Crippen LogP contribution in [0.15, 0.2) is 66.7 Å². The van der Waals surface area contributed by atoms with E-state index in [0.717, 1.165) is 11.3 Å². The quantitative estimate of drug-likeness (QED) is 0.655. The molecule has 3 aromatic rings. The van der Waals surface area contributed by atoms with E-state index in [9.17, 15) is 9.90 Å². The van der Waals surface area contributed by atoms with Crippen LogP contribution in [0.4, 0.5) is 5.69 Å². The normalized spacial score (nSPS) is 15.6. The fourth-order valence-electron chi connectivity index (χ4n) is 3.60. The monoisotopic (exact) mass is 388 g/mol. The number of hydrogen-bond acceptors (Lipinski definition) is 4. The van der Waals surface area contributed by atoms with Crippen molar-refractivity contribution in [1.82, 2.24) is 4.90 Å². The molecule has 5 heteroatoms. The van der Waals surface area contributed by atoms with E-state index in [2.05, 4.69) is 5.32 Å². The lowest BCUT2D eigenvalue weighted by molar-refractivity contribution is 0.0664. The molecule has 1 atom stereocenters. The summed E-state index contributed by atoms with van der Waals surface area (Å²) in [6.07, 6.45) is -0.515. The Bertz CT molecular complexity index is 1030. The number of amides is 1. The van der Waals surface area contributed by atoms with Gasteiger partial charge in [-0.25, -0.2) is 0 Å². The highest BCUT2D eigenvalue weighted by molar-refractivity contribution is 6.01. The van der Waals surface area contributed by atoms with Crippen LogP contribution < -0.4 is 10.1 Å². The minimum Gasteiger partial charge on any atom is -0.508 e. The molecule has 4 rings (SSSR count). The van der Waals surface area contributed by atoms with Crippen molar-refractivity contribution in [3.63, 3.8) is 0 Å². The summed E-state index contributed by atoms with van der Waals surface area (Å²) in [6, 6.07) is 20.7. The van der Waals surface area contributed by atoms with Crippen molar-refractivity contribution in [2.75, 3.05) is 11.9 Å². The van der Waals surface area contributed by atoms with E-state index in [1.807, 2.05) is 62.4 Å². The average molecular weight is 388 g/mol. The van der Waals surface area contributed by atoms with E-state index in [-0.39, 0.29) is 11.7 Å². The maximum atomic E-state index is 13.4. The smallest absolute Gasteiger partial charge is 0.258 e. The molecule has 0 saturated heterocycles. The van der Waals surface area contributed by atoms with Gasteiger partial charge in [-0.05, 0) is 49.7 Å². The van der Waals surface area contributed by atoms with E-state index in [4.69, 9.17) is 4.74 Å². The van der Waals surface area contributed by atoms with E-state index in [1.165, 1.54) is 5.56 Å². The van der Waals surface area contributed by atoms with Crippen LogP contribution in [0, 0.1) is 6.92 Å². The van der Waals surface area contributed by atoms with E-state index in [1.54, 1.807) is 23.1 Å². The number of benzene rings is 3. The van der Waals surface area contributed by atoms with Crippen LogP contribution in [0.2, 0.25) is 0 Å². The minimum atomic E-state index is -0.515. The van der Waals surface area contributed by atoms with Gasteiger partial charge < -0.3 is 20.1 Å². The highest BCUT2D eigenvalue weighted by Crippen LogP contribution is 2.38. The number of ether oxygens (including phenoxy) is 1. The summed E-state index contributed by atoms with van der Waals surface area (Å²) < 4.78 is 5.61. The average Bonchev–Trinajstić information content (AvgIpc) is 2.73. The molecule has 0 fully saturated rings. The number of hydrogen-bond donors (Lipinski definition) is 2. The zero-order chi connectivity index (χ0) is 20.4. The molecule has 29 heavy (non-hydrogen) atoms. The van der Waals surface area contributed by atoms with Gasteiger partial charge in [-0.2, -0.15) is 0 Å². The maximum Gasteiger partial charge on any atom is 0.258 e. The van der Waals surface area contributed by atoms with Crippen LogP contribution in [-0.2, 0) is 6.54 Å². The molecule has 2 N–H and O–H groups in total. The van der Waals surface area contributed by atoms with Crippen LogP contribution in [0.3, 0.4) is 0 Å². The van der Waals surface area contributed by atoms with Crippen molar-refractivity contribution < 1.29 is 14.6 Å². The number of phenols is 1. The first kappa shape index (κ1) is 18.9. The Balaban J connectivity index is 1.77. The van der Waals surface area contributed by atoms with Gasteiger partial charge in [0.05, 0.1) is 12.2 Å². The van der Waals surface area contributed by atoms with E-state index in [0.29, 0.717) is 30.0 Å². The van der Waals surface area contributed by atoms with Crippen molar-refractivity contribution in [2.24, 2.45) is 0 Å². The number of rotatable bonds is 5. The molecule has 148 valence electrons. The van der Waals surface area contributed by atoms with Gasteiger partial charge in [-0.3, -0.25) is 4.79 Å². The third kappa shape index (κ3) is 3.76. The predicted molar refractivity (Wildman–Crippen MR) is 113 cm³/mol. The van der Waals surface area contributed by atoms with E-state index < -0.39 is 6.17 Å². The van der Waals surface area contributed by atoms with Gasteiger partial charge in [0.2, 0.25) is 0 Å². The number of fused-ring (bicyclic) bond motifs is 1. The zero-order valence-corrected chi connectivity index (χ0v) is 16.6. The minimum absolute atomic E-state index is 0.0777. The van der Waals surface area contributed by atoms with Crippen molar-refractivity contribution in [2.45, 2.75) is 26.6 Å². The summed E-state index contributed by atoms with van der Waals surface area (Å²) >= 11 is 0. The number of aromatic hydroxyl groups is 1. The molecule has 3 aromatic carbocycles. The number of anilines is 1. The number of nitrogens with zero attached hydrogens (tertiary/aromatic N) is 1. The highest BCUT2D eigenvalue weighted by Gasteiger charge is 2.34. The summed E-state index contributed by atoms with van der Waals surface area (Å²) in [5.74, 6) is 0.696. The second-order valence-electron chi connectivity index (χ2n) is 7.16. The van der Waals surface area contributed by atoms with Crippen molar-refractivity contribution >= 4 is 11.6 Å². The molecule has 0 saturated carbocycles. The summed E-state index contributed by atoms with van der Waals surface area (Å²) in [6.45, 7) is 4.89. The molecule has 0 aliphatic carbocycles. The molecule has 1 aliphatic heterocycles. The molecule has 0 spiro atoms. The Morgan fingerprint density at radius 3 is 2.59 bits per heavy atom. The largest absolute Gasteiger partial charge is 0.508 e. The Morgan fingerprint density at radius 2 is 1.83 bits per heavy atom. The summed E-state index contributed by atoms with van der Waals surface area (Å²) in [7, 11) is 0. The zero-order valence-electron chi connectivity index (χ0n) is 16.6. The Kier molecular flexibility index (Phi) is 5.12. The second kappa shape index (κ2) is 7.87. The van der Waals surface area contributed by atoms with Crippen molar-refractivity contribution in [3.8, 4) is 11.5 Å². The number of nitrogens with one attached hydrogen (secondary N) is 1. The lowest BCUT2D eigenvalue weighted by atomic mass is 10.0. The van der Waals surface area contributed by atoms with E-state index >= 15 is 0 Å². The number of carbonyl (C=O) groups is 1. The number of phenolic OH excluding ortho intramolecular Hbond substituents is 1. The molecule has 1 aliphatic rings. The van der Waals surface area contributed by atoms with Gasteiger partial charge in [0, 0.05) is 17.8 Å². The lowest BCUT2D eigenvalue weighted by Gasteiger charge is -2.38. The highest BCUT2D eigenvalue weighted by atomic mass is 16.5. The van der Waals surface area contributed by atoms with Crippen LogP contribution >= 0.6 is 0 Å². The van der Waals surface area contributed by atoms with Crippen LogP contribution in [-0.4, -0.2) is 22.5 Å². The topological polar surface area (TPSA) is 61.8 Å². The van der Waals surface area contributed by atoms with Gasteiger partial charge in [-0.1, -0.05) is 42.0 Å². The first-order valence-corrected chi connectivity index (χ1v) is 9.74. The number of para-hydroxylation sites is 1. The third-order valence-electron chi connectivity index (χ3n) is 5.10. The van der Waals surface area contributed by atoms with Crippen molar-refractivity contribution in [3.05, 3.63) is 89.0 Å².